The van der Waals surface area contributed by atoms with E-state index in [-0.39, 0.29) is 6.03 Å². The van der Waals surface area contributed by atoms with Crippen LogP contribution >= 0.6 is 11.6 Å². The molecule has 1 fully saturated rings. The number of halogens is 1. The van der Waals surface area contributed by atoms with Crippen molar-refractivity contribution in [1.82, 2.24) is 15.5 Å². The van der Waals surface area contributed by atoms with E-state index in [4.69, 9.17) is 11.6 Å². The average Bonchev–Trinajstić information content (AvgIpc) is 2.52. The van der Waals surface area contributed by atoms with Crippen LogP contribution in [-0.2, 0) is 6.54 Å². The predicted molar refractivity (Wildman–Crippen MR) is 91.1 cm³/mol. The van der Waals surface area contributed by atoms with Crippen LogP contribution in [0.5, 0.6) is 0 Å². The molecule has 22 heavy (non-hydrogen) atoms. The van der Waals surface area contributed by atoms with Crippen LogP contribution in [0.4, 0.5) is 4.79 Å². The predicted octanol–water partition coefficient (Wildman–Crippen LogP) is 3.26. The van der Waals surface area contributed by atoms with Gasteiger partial charge in [0, 0.05) is 18.1 Å². The Morgan fingerprint density at radius 3 is 2.73 bits per heavy atom. The fraction of sp³-hybridized carbons (Fsp3) is 0.588. The van der Waals surface area contributed by atoms with E-state index < -0.39 is 0 Å². The first-order valence-electron chi connectivity index (χ1n) is 8.12. The molecular weight excluding hydrogens is 298 g/mol. The van der Waals surface area contributed by atoms with Gasteiger partial charge in [-0.25, -0.2) is 4.79 Å². The maximum Gasteiger partial charge on any atom is 0.315 e. The van der Waals surface area contributed by atoms with Gasteiger partial charge >= 0.3 is 6.03 Å². The SMILES string of the molecule is CC1CCN(CCCNC(=O)NCc2ccccc2Cl)CC1. The molecule has 1 heterocycles. The molecular formula is C17H26ClN3O. The zero-order valence-corrected chi connectivity index (χ0v) is 14.0. The Morgan fingerprint density at radius 2 is 2.00 bits per heavy atom. The van der Waals surface area contributed by atoms with Crippen molar-refractivity contribution in [3.8, 4) is 0 Å². The lowest BCUT2D eigenvalue weighted by molar-refractivity contribution is 0.190. The van der Waals surface area contributed by atoms with Crippen LogP contribution in [0.3, 0.4) is 0 Å². The number of urea groups is 1. The Hall–Kier alpha value is -1.26. The van der Waals surface area contributed by atoms with E-state index in [1.54, 1.807) is 0 Å². The Balaban J connectivity index is 1.55. The number of amides is 2. The molecule has 122 valence electrons. The summed E-state index contributed by atoms with van der Waals surface area (Å²) in [5, 5.41) is 6.42. The van der Waals surface area contributed by atoms with Gasteiger partial charge < -0.3 is 15.5 Å². The van der Waals surface area contributed by atoms with Crippen molar-refractivity contribution < 1.29 is 4.79 Å². The van der Waals surface area contributed by atoms with Gasteiger partial charge in [0.1, 0.15) is 0 Å². The number of hydrogen-bond acceptors (Lipinski definition) is 2. The van der Waals surface area contributed by atoms with E-state index in [1.165, 1.54) is 25.9 Å². The highest BCUT2D eigenvalue weighted by molar-refractivity contribution is 6.31. The maximum atomic E-state index is 11.7. The highest BCUT2D eigenvalue weighted by Gasteiger charge is 2.14. The molecule has 2 N–H and O–H groups in total. The summed E-state index contributed by atoms with van der Waals surface area (Å²) in [7, 11) is 0. The molecule has 1 aromatic rings. The summed E-state index contributed by atoms with van der Waals surface area (Å²) < 4.78 is 0. The minimum Gasteiger partial charge on any atom is -0.338 e. The molecule has 1 saturated heterocycles. The molecule has 0 atom stereocenters. The normalized spacial score (nSPS) is 16.5. The summed E-state index contributed by atoms with van der Waals surface area (Å²) >= 11 is 6.05. The third kappa shape index (κ3) is 5.85. The van der Waals surface area contributed by atoms with Crippen LogP contribution in [0.15, 0.2) is 24.3 Å². The number of carbonyl (C=O) groups excluding carboxylic acids is 1. The van der Waals surface area contributed by atoms with Crippen molar-refractivity contribution in [2.45, 2.75) is 32.7 Å². The second-order valence-corrected chi connectivity index (χ2v) is 6.49. The molecule has 1 aromatic carbocycles. The average molecular weight is 324 g/mol. The molecule has 0 spiro atoms. The summed E-state index contributed by atoms with van der Waals surface area (Å²) in [4.78, 5) is 14.2. The topological polar surface area (TPSA) is 44.4 Å². The second-order valence-electron chi connectivity index (χ2n) is 6.08. The highest BCUT2D eigenvalue weighted by Crippen LogP contribution is 2.16. The van der Waals surface area contributed by atoms with Gasteiger partial charge in [0.2, 0.25) is 0 Å². The number of benzene rings is 1. The van der Waals surface area contributed by atoms with Crippen molar-refractivity contribution in [1.29, 1.82) is 0 Å². The monoisotopic (exact) mass is 323 g/mol. The molecule has 1 aliphatic heterocycles. The lowest BCUT2D eigenvalue weighted by Crippen LogP contribution is -2.38. The Labute approximate surface area is 138 Å². The van der Waals surface area contributed by atoms with Crippen LogP contribution in [0.1, 0.15) is 31.7 Å². The van der Waals surface area contributed by atoms with Gasteiger partial charge in [-0.3, -0.25) is 0 Å². The largest absolute Gasteiger partial charge is 0.338 e. The molecule has 1 aliphatic rings. The summed E-state index contributed by atoms with van der Waals surface area (Å²) in [6.45, 7) is 6.94. The molecule has 2 amide bonds. The maximum absolute atomic E-state index is 11.7. The van der Waals surface area contributed by atoms with E-state index >= 15 is 0 Å². The van der Waals surface area contributed by atoms with E-state index in [0.717, 1.165) is 24.4 Å². The molecule has 0 aliphatic carbocycles. The number of carbonyl (C=O) groups is 1. The quantitative estimate of drug-likeness (QED) is 0.789. The molecule has 0 aromatic heterocycles. The van der Waals surface area contributed by atoms with Gasteiger partial charge in [-0.05, 0) is 56.4 Å². The number of piperidine rings is 1. The molecule has 5 heteroatoms. The van der Waals surface area contributed by atoms with E-state index in [2.05, 4.69) is 22.5 Å². The third-order valence-electron chi connectivity index (χ3n) is 4.21. The first kappa shape index (κ1) is 17.1. The van der Waals surface area contributed by atoms with Crippen molar-refractivity contribution in [3.63, 3.8) is 0 Å². The van der Waals surface area contributed by atoms with E-state index in [0.29, 0.717) is 18.1 Å². The summed E-state index contributed by atoms with van der Waals surface area (Å²) in [5.41, 5.74) is 0.932. The summed E-state index contributed by atoms with van der Waals surface area (Å²) in [6, 6.07) is 7.41. The number of likely N-dealkylation sites (tertiary alicyclic amines) is 1. The Bertz CT molecular complexity index is 473. The van der Waals surface area contributed by atoms with E-state index in [9.17, 15) is 4.79 Å². The van der Waals surface area contributed by atoms with Crippen LogP contribution in [0, 0.1) is 5.92 Å². The van der Waals surface area contributed by atoms with Crippen molar-refractivity contribution in [3.05, 3.63) is 34.9 Å². The van der Waals surface area contributed by atoms with Gasteiger partial charge in [0.05, 0.1) is 0 Å². The molecule has 0 saturated carbocycles. The molecule has 0 radical (unpaired) electrons. The number of nitrogens with zero attached hydrogens (tertiary/aromatic N) is 1. The Kier molecular flexibility index (Phi) is 7.00. The molecule has 4 nitrogen and oxygen atoms in total. The first-order valence-corrected chi connectivity index (χ1v) is 8.50. The van der Waals surface area contributed by atoms with Crippen LogP contribution < -0.4 is 10.6 Å². The van der Waals surface area contributed by atoms with E-state index in [1.807, 2.05) is 24.3 Å². The smallest absolute Gasteiger partial charge is 0.315 e. The van der Waals surface area contributed by atoms with Crippen LogP contribution in [0.25, 0.3) is 0 Å². The lowest BCUT2D eigenvalue weighted by atomic mass is 9.99. The third-order valence-corrected chi connectivity index (χ3v) is 4.58. The van der Waals surface area contributed by atoms with Gasteiger partial charge in [0.25, 0.3) is 0 Å². The van der Waals surface area contributed by atoms with Crippen LogP contribution in [0.2, 0.25) is 5.02 Å². The minimum atomic E-state index is -0.132. The molecule has 0 unspecified atom stereocenters. The van der Waals surface area contributed by atoms with Crippen molar-refractivity contribution in [2.75, 3.05) is 26.2 Å². The number of rotatable bonds is 6. The fourth-order valence-corrected chi connectivity index (χ4v) is 2.87. The minimum absolute atomic E-state index is 0.132. The first-order chi connectivity index (χ1) is 10.6. The van der Waals surface area contributed by atoms with Crippen molar-refractivity contribution in [2.24, 2.45) is 5.92 Å². The van der Waals surface area contributed by atoms with Gasteiger partial charge in [0.15, 0.2) is 0 Å². The molecule has 2 rings (SSSR count). The number of nitrogens with one attached hydrogen (secondary N) is 2. The standard InChI is InChI=1S/C17H26ClN3O/c1-14-7-11-21(12-8-14)10-4-9-19-17(22)20-13-15-5-2-3-6-16(15)18/h2-3,5-6,14H,4,7-13H2,1H3,(H2,19,20,22). The van der Waals surface area contributed by atoms with Gasteiger partial charge in [-0.1, -0.05) is 36.7 Å². The van der Waals surface area contributed by atoms with Gasteiger partial charge in [-0.2, -0.15) is 0 Å². The van der Waals surface area contributed by atoms with Crippen LogP contribution in [-0.4, -0.2) is 37.1 Å². The van der Waals surface area contributed by atoms with Gasteiger partial charge in [-0.15, -0.1) is 0 Å². The summed E-state index contributed by atoms with van der Waals surface area (Å²) in [5.74, 6) is 0.866. The Morgan fingerprint density at radius 1 is 1.27 bits per heavy atom. The van der Waals surface area contributed by atoms with Crippen molar-refractivity contribution >= 4 is 17.6 Å². The summed E-state index contributed by atoms with van der Waals surface area (Å²) in [6.07, 6.45) is 3.59. The lowest BCUT2D eigenvalue weighted by Gasteiger charge is -2.30. The molecule has 0 bridgehead atoms. The second kappa shape index (κ2) is 9.01. The zero-order chi connectivity index (χ0) is 15.8. The number of hydrogen-bond donors (Lipinski definition) is 2. The zero-order valence-electron chi connectivity index (χ0n) is 13.3. The highest BCUT2D eigenvalue weighted by atomic mass is 35.5. The fourth-order valence-electron chi connectivity index (χ4n) is 2.67.